The monoisotopic (exact) mass is 233 g/mol. The minimum Gasteiger partial charge on any atom is -0.395 e. The van der Waals surface area contributed by atoms with Gasteiger partial charge < -0.3 is 5.11 Å². The zero-order valence-electron chi connectivity index (χ0n) is 10.5. The Morgan fingerprint density at radius 2 is 1.88 bits per heavy atom. The van der Waals surface area contributed by atoms with E-state index in [1.165, 1.54) is 18.4 Å². The Balaban J connectivity index is 2.15. The van der Waals surface area contributed by atoms with E-state index in [9.17, 15) is 0 Å². The SMILES string of the molecule is C=CCN(CCO)CCCCc1ccccc1. The molecule has 1 aromatic rings. The Labute approximate surface area is 105 Å². The molecular weight excluding hydrogens is 210 g/mol. The second kappa shape index (κ2) is 8.97. The van der Waals surface area contributed by atoms with Crippen LogP contribution in [0.4, 0.5) is 0 Å². The van der Waals surface area contributed by atoms with Crippen molar-refractivity contribution in [3.05, 3.63) is 48.6 Å². The highest BCUT2D eigenvalue weighted by Gasteiger charge is 2.01. The molecule has 0 bridgehead atoms. The molecule has 0 fully saturated rings. The predicted octanol–water partition coefficient (Wildman–Crippen LogP) is 2.49. The van der Waals surface area contributed by atoms with Crippen LogP contribution in [-0.4, -0.2) is 36.2 Å². The molecule has 0 spiro atoms. The molecule has 0 aliphatic heterocycles. The summed E-state index contributed by atoms with van der Waals surface area (Å²) in [6.45, 7) is 6.62. The van der Waals surface area contributed by atoms with Crippen molar-refractivity contribution in [2.45, 2.75) is 19.3 Å². The van der Waals surface area contributed by atoms with Gasteiger partial charge in [0.05, 0.1) is 6.61 Å². The number of benzene rings is 1. The van der Waals surface area contributed by atoms with Gasteiger partial charge in [-0.3, -0.25) is 4.90 Å². The quantitative estimate of drug-likeness (QED) is 0.523. The average Bonchev–Trinajstić information content (AvgIpc) is 2.36. The fourth-order valence-electron chi connectivity index (χ4n) is 1.93. The van der Waals surface area contributed by atoms with E-state index in [-0.39, 0.29) is 6.61 Å². The normalized spacial score (nSPS) is 10.7. The molecule has 1 rings (SSSR count). The summed E-state index contributed by atoms with van der Waals surface area (Å²) in [5.41, 5.74) is 1.41. The van der Waals surface area contributed by atoms with E-state index in [1.807, 2.05) is 6.08 Å². The van der Waals surface area contributed by atoms with E-state index in [1.54, 1.807) is 0 Å². The van der Waals surface area contributed by atoms with Crippen LogP contribution in [0.15, 0.2) is 43.0 Å². The molecule has 2 heteroatoms. The molecule has 0 heterocycles. The zero-order valence-corrected chi connectivity index (χ0v) is 10.5. The minimum absolute atomic E-state index is 0.229. The lowest BCUT2D eigenvalue weighted by Crippen LogP contribution is -2.28. The number of aliphatic hydroxyl groups is 1. The largest absolute Gasteiger partial charge is 0.395 e. The molecule has 0 radical (unpaired) electrons. The fraction of sp³-hybridized carbons (Fsp3) is 0.467. The van der Waals surface area contributed by atoms with Crippen LogP contribution >= 0.6 is 0 Å². The van der Waals surface area contributed by atoms with Gasteiger partial charge in [0.25, 0.3) is 0 Å². The van der Waals surface area contributed by atoms with Gasteiger partial charge in [0.2, 0.25) is 0 Å². The first-order valence-corrected chi connectivity index (χ1v) is 6.35. The second-order valence-corrected chi connectivity index (χ2v) is 4.26. The van der Waals surface area contributed by atoms with Crippen molar-refractivity contribution < 1.29 is 5.11 Å². The third-order valence-electron chi connectivity index (χ3n) is 2.84. The summed E-state index contributed by atoms with van der Waals surface area (Å²) >= 11 is 0. The molecule has 0 atom stereocenters. The summed E-state index contributed by atoms with van der Waals surface area (Å²) in [5.74, 6) is 0. The number of rotatable bonds is 9. The number of hydrogen-bond acceptors (Lipinski definition) is 2. The van der Waals surface area contributed by atoms with Gasteiger partial charge in [-0.15, -0.1) is 6.58 Å². The molecule has 1 N–H and O–H groups in total. The van der Waals surface area contributed by atoms with Crippen LogP contribution in [0.3, 0.4) is 0 Å². The molecule has 0 saturated heterocycles. The van der Waals surface area contributed by atoms with Gasteiger partial charge >= 0.3 is 0 Å². The predicted molar refractivity (Wildman–Crippen MR) is 73.1 cm³/mol. The van der Waals surface area contributed by atoms with E-state index in [0.29, 0.717) is 0 Å². The summed E-state index contributed by atoms with van der Waals surface area (Å²) in [4.78, 5) is 2.23. The Bertz CT molecular complexity index is 297. The summed E-state index contributed by atoms with van der Waals surface area (Å²) in [5, 5.41) is 8.92. The fourth-order valence-corrected chi connectivity index (χ4v) is 1.93. The van der Waals surface area contributed by atoms with Crippen molar-refractivity contribution in [3.63, 3.8) is 0 Å². The Morgan fingerprint density at radius 3 is 2.53 bits per heavy atom. The topological polar surface area (TPSA) is 23.5 Å². The van der Waals surface area contributed by atoms with Crippen molar-refractivity contribution >= 4 is 0 Å². The average molecular weight is 233 g/mol. The lowest BCUT2D eigenvalue weighted by molar-refractivity contribution is 0.206. The molecule has 0 aromatic heterocycles. The molecule has 0 aliphatic carbocycles. The van der Waals surface area contributed by atoms with Gasteiger partial charge in [-0.1, -0.05) is 36.4 Å². The Kier molecular flexibility index (Phi) is 7.35. The number of nitrogens with zero attached hydrogens (tertiary/aromatic N) is 1. The lowest BCUT2D eigenvalue weighted by Gasteiger charge is -2.19. The smallest absolute Gasteiger partial charge is 0.0558 e. The van der Waals surface area contributed by atoms with Crippen LogP contribution < -0.4 is 0 Å². The van der Waals surface area contributed by atoms with Gasteiger partial charge in [0.1, 0.15) is 0 Å². The van der Waals surface area contributed by atoms with Crippen LogP contribution in [-0.2, 0) is 6.42 Å². The first-order valence-electron chi connectivity index (χ1n) is 6.35. The third kappa shape index (κ3) is 6.25. The second-order valence-electron chi connectivity index (χ2n) is 4.26. The maximum atomic E-state index is 8.92. The molecular formula is C15H23NO. The van der Waals surface area contributed by atoms with Gasteiger partial charge in [0, 0.05) is 13.1 Å². The van der Waals surface area contributed by atoms with E-state index < -0.39 is 0 Å². The third-order valence-corrected chi connectivity index (χ3v) is 2.84. The van der Waals surface area contributed by atoms with Gasteiger partial charge in [-0.25, -0.2) is 0 Å². The number of aliphatic hydroxyl groups excluding tert-OH is 1. The van der Waals surface area contributed by atoms with Gasteiger partial charge in [0.15, 0.2) is 0 Å². The number of aryl methyl sites for hydroxylation is 1. The highest BCUT2D eigenvalue weighted by Crippen LogP contribution is 2.05. The lowest BCUT2D eigenvalue weighted by atomic mass is 10.1. The standard InChI is InChI=1S/C15H23NO/c1-2-11-16(13-14-17)12-7-6-10-15-8-4-3-5-9-15/h2-5,8-9,17H,1,6-7,10-14H2. The van der Waals surface area contributed by atoms with Gasteiger partial charge in [-0.05, 0) is 31.4 Å². The van der Waals surface area contributed by atoms with Crippen molar-refractivity contribution in [1.82, 2.24) is 4.90 Å². The van der Waals surface area contributed by atoms with Crippen LogP contribution in [0.1, 0.15) is 18.4 Å². The summed E-state index contributed by atoms with van der Waals surface area (Å²) in [6.07, 6.45) is 5.40. The van der Waals surface area contributed by atoms with Crippen molar-refractivity contribution in [2.24, 2.45) is 0 Å². The summed E-state index contributed by atoms with van der Waals surface area (Å²) in [7, 11) is 0. The van der Waals surface area contributed by atoms with Gasteiger partial charge in [-0.2, -0.15) is 0 Å². The molecule has 0 unspecified atom stereocenters. The van der Waals surface area contributed by atoms with E-state index >= 15 is 0 Å². The van der Waals surface area contributed by atoms with E-state index in [2.05, 4.69) is 41.8 Å². The molecule has 0 saturated carbocycles. The summed E-state index contributed by atoms with van der Waals surface area (Å²) < 4.78 is 0. The van der Waals surface area contributed by atoms with E-state index in [4.69, 9.17) is 5.11 Å². The van der Waals surface area contributed by atoms with E-state index in [0.717, 1.165) is 26.1 Å². The maximum Gasteiger partial charge on any atom is 0.0558 e. The molecule has 2 nitrogen and oxygen atoms in total. The van der Waals surface area contributed by atoms with Crippen LogP contribution in [0.25, 0.3) is 0 Å². The highest BCUT2D eigenvalue weighted by atomic mass is 16.3. The highest BCUT2D eigenvalue weighted by molar-refractivity contribution is 5.14. The molecule has 94 valence electrons. The molecule has 17 heavy (non-hydrogen) atoms. The number of unbranched alkanes of at least 4 members (excludes halogenated alkanes) is 1. The van der Waals surface area contributed by atoms with Crippen LogP contribution in [0, 0.1) is 0 Å². The van der Waals surface area contributed by atoms with Crippen molar-refractivity contribution in [3.8, 4) is 0 Å². The Hall–Kier alpha value is -1.12. The molecule has 0 aliphatic rings. The minimum atomic E-state index is 0.229. The number of hydrogen-bond donors (Lipinski definition) is 1. The molecule has 0 amide bonds. The summed E-state index contributed by atoms with van der Waals surface area (Å²) in [6, 6.07) is 10.6. The maximum absolute atomic E-state index is 8.92. The molecule has 1 aromatic carbocycles. The first-order chi connectivity index (χ1) is 8.36. The zero-order chi connectivity index (χ0) is 12.3. The van der Waals surface area contributed by atoms with Crippen LogP contribution in [0.2, 0.25) is 0 Å². The Morgan fingerprint density at radius 1 is 1.12 bits per heavy atom. The van der Waals surface area contributed by atoms with Crippen LogP contribution in [0.5, 0.6) is 0 Å². The van der Waals surface area contributed by atoms with Crippen molar-refractivity contribution in [2.75, 3.05) is 26.2 Å². The first kappa shape index (κ1) is 13.9. The van der Waals surface area contributed by atoms with Crippen molar-refractivity contribution in [1.29, 1.82) is 0 Å².